The van der Waals surface area contributed by atoms with E-state index in [1.807, 2.05) is 58.0 Å². The minimum Gasteiger partial charge on any atom is -0.391 e. The number of aliphatic hydroxyl groups excluding tert-OH is 1. The van der Waals surface area contributed by atoms with Gasteiger partial charge in [0.15, 0.2) is 0 Å². The molecule has 0 aliphatic carbocycles. The fourth-order valence-corrected chi connectivity index (χ4v) is 4.44. The van der Waals surface area contributed by atoms with Crippen molar-refractivity contribution in [3.8, 4) is 0 Å². The molecule has 0 unspecified atom stereocenters. The Morgan fingerprint density at radius 3 is 1.86 bits per heavy atom. The van der Waals surface area contributed by atoms with Gasteiger partial charge in [0, 0.05) is 34.6 Å². The number of amides is 5. The van der Waals surface area contributed by atoms with Crippen LogP contribution in [-0.2, 0) is 20.8 Å². The predicted octanol–water partition coefficient (Wildman–Crippen LogP) is 1.03. The Balaban J connectivity index is 3.18. The Labute approximate surface area is 251 Å². The zero-order chi connectivity index (χ0) is 32.3. The van der Waals surface area contributed by atoms with Gasteiger partial charge in [0.2, 0.25) is 17.7 Å². The van der Waals surface area contributed by atoms with Crippen molar-refractivity contribution in [3.63, 3.8) is 0 Å². The molecule has 5 atom stereocenters. The summed E-state index contributed by atoms with van der Waals surface area (Å²) in [5.74, 6) is -0.887. The van der Waals surface area contributed by atoms with E-state index in [-0.39, 0.29) is 30.7 Å². The lowest BCUT2D eigenvalue weighted by Gasteiger charge is -2.36. The standard InChI is InChI=1S/C30H53N7O5/c1-19(2)15-24(31)36(8)28(40)23(17-22-13-11-10-12-14-22)35(7)30(42)33-25(16-20(3)4)37(9)26(39)18-34(6)29(41)27(32)21(5)38/h10-14,19-21,23-25,27,38H,15-18,31-32H2,1-9H3,(H,33,42)/t21-,23+,24+,25+,27+/m1/s1. The molecule has 12 heteroatoms. The van der Waals surface area contributed by atoms with Crippen LogP contribution in [0.4, 0.5) is 4.79 Å². The Bertz CT molecular complexity index is 1020. The van der Waals surface area contributed by atoms with Crippen LogP contribution in [0.5, 0.6) is 0 Å². The first-order valence-corrected chi connectivity index (χ1v) is 14.5. The number of aliphatic hydroxyl groups is 1. The second kappa shape index (κ2) is 17.0. The number of nitrogens with two attached hydrogens (primary N) is 2. The summed E-state index contributed by atoms with van der Waals surface area (Å²) in [6.07, 6.45) is -0.965. The second-order valence-corrected chi connectivity index (χ2v) is 12.0. The molecule has 0 saturated carbocycles. The van der Waals surface area contributed by atoms with E-state index in [0.717, 1.165) is 10.5 Å². The van der Waals surface area contributed by atoms with Crippen molar-refractivity contribution in [1.82, 2.24) is 24.9 Å². The number of urea groups is 1. The Morgan fingerprint density at radius 1 is 0.810 bits per heavy atom. The van der Waals surface area contributed by atoms with Crippen molar-refractivity contribution >= 4 is 23.8 Å². The first kappa shape index (κ1) is 36.8. The molecule has 0 radical (unpaired) electrons. The minimum absolute atomic E-state index is 0.112. The third-order valence-corrected chi connectivity index (χ3v) is 7.30. The van der Waals surface area contributed by atoms with Gasteiger partial charge >= 0.3 is 6.03 Å². The van der Waals surface area contributed by atoms with E-state index in [1.54, 1.807) is 21.1 Å². The molecule has 1 aromatic carbocycles. The zero-order valence-corrected chi connectivity index (χ0v) is 26.8. The molecule has 1 aromatic rings. The van der Waals surface area contributed by atoms with Crippen LogP contribution in [0.2, 0.25) is 0 Å². The Morgan fingerprint density at radius 2 is 1.36 bits per heavy atom. The zero-order valence-electron chi connectivity index (χ0n) is 26.8. The molecule has 0 bridgehead atoms. The molecule has 0 heterocycles. The Kier molecular flexibility index (Phi) is 14.9. The molecule has 5 amide bonds. The summed E-state index contributed by atoms with van der Waals surface area (Å²) >= 11 is 0. The normalized spacial score (nSPS) is 14.9. The van der Waals surface area contributed by atoms with Crippen molar-refractivity contribution in [1.29, 1.82) is 0 Å². The molecule has 6 N–H and O–H groups in total. The number of benzene rings is 1. The lowest BCUT2D eigenvalue weighted by molar-refractivity contribution is -0.142. The summed E-state index contributed by atoms with van der Waals surface area (Å²) in [6.45, 7) is 9.10. The molecule has 1 rings (SSSR count). The summed E-state index contributed by atoms with van der Waals surface area (Å²) in [5, 5.41) is 12.6. The molecule has 0 aliphatic rings. The number of hydrogen-bond donors (Lipinski definition) is 4. The van der Waals surface area contributed by atoms with Crippen molar-refractivity contribution < 1.29 is 24.3 Å². The van der Waals surface area contributed by atoms with Crippen LogP contribution in [0, 0.1) is 11.8 Å². The van der Waals surface area contributed by atoms with Crippen molar-refractivity contribution in [2.75, 3.05) is 34.7 Å². The highest BCUT2D eigenvalue weighted by atomic mass is 16.3. The van der Waals surface area contributed by atoms with Crippen molar-refractivity contribution in [3.05, 3.63) is 35.9 Å². The van der Waals surface area contributed by atoms with Gasteiger partial charge in [0.1, 0.15) is 18.2 Å². The first-order valence-electron chi connectivity index (χ1n) is 14.5. The summed E-state index contributed by atoms with van der Waals surface area (Å²) in [7, 11) is 6.18. The predicted molar refractivity (Wildman–Crippen MR) is 164 cm³/mol. The van der Waals surface area contributed by atoms with E-state index in [4.69, 9.17) is 11.5 Å². The fourth-order valence-electron chi connectivity index (χ4n) is 4.44. The molecule has 12 nitrogen and oxygen atoms in total. The average molecular weight is 592 g/mol. The topological polar surface area (TPSA) is 166 Å². The van der Waals surface area contributed by atoms with Crippen molar-refractivity contribution in [2.45, 2.75) is 84.4 Å². The maximum atomic E-state index is 13.7. The maximum Gasteiger partial charge on any atom is 0.319 e. The minimum atomic E-state index is -1.15. The maximum absolute atomic E-state index is 13.7. The van der Waals surface area contributed by atoms with E-state index in [9.17, 15) is 24.3 Å². The molecule has 42 heavy (non-hydrogen) atoms. The van der Waals surface area contributed by atoms with Gasteiger partial charge in [-0.25, -0.2) is 4.79 Å². The highest BCUT2D eigenvalue weighted by Gasteiger charge is 2.34. The molecular formula is C30H53N7O5. The molecule has 238 valence electrons. The smallest absolute Gasteiger partial charge is 0.319 e. The lowest BCUT2D eigenvalue weighted by atomic mass is 10.0. The van der Waals surface area contributed by atoms with Gasteiger partial charge in [-0.15, -0.1) is 0 Å². The molecule has 0 aliphatic heterocycles. The molecule has 0 saturated heterocycles. The fraction of sp³-hybridized carbons (Fsp3) is 0.667. The van der Waals surface area contributed by atoms with Crippen LogP contribution in [-0.4, -0.2) is 114 Å². The van der Waals surface area contributed by atoms with E-state index in [1.165, 1.54) is 28.7 Å². The van der Waals surface area contributed by atoms with Crippen LogP contribution in [0.15, 0.2) is 30.3 Å². The third-order valence-electron chi connectivity index (χ3n) is 7.30. The third kappa shape index (κ3) is 11.2. The number of hydrogen-bond acceptors (Lipinski definition) is 7. The number of nitrogens with zero attached hydrogens (tertiary/aromatic N) is 4. The number of rotatable bonds is 15. The number of nitrogens with one attached hydrogen (secondary N) is 1. The summed E-state index contributed by atoms with van der Waals surface area (Å²) in [6, 6.07) is 6.90. The monoisotopic (exact) mass is 591 g/mol. The van der Waals surface area contributed by atoms with E-state index in [0.29, 0.717) is 12.8 Å². The average Bonchev–Trinajstić information content (AvgIpc) is 2.92. The van der Waals surface area contributed by atoms with E-state index < -0.39 is 48.4 Å². The van der Waals surface area contributed by atoms with Crippen LogP contribution < -0.4 is 16.8 Å². The largest absolute Gasteiger partial charge is 0.391 e. The van der Waals surface area contributed by atoms with Crippen LogP contribution in [0.3, 0.4) is 0 Å². The van der Waals surface area contributed by atoms with Crippen LogP contribution >= 0.6 is 0 Å². The number of carbonyl (C=O) groups is 4. The first-order chi connectivity index (χ1) is 19.5. The van der Waals surface area contributed by atoms with Gasteiger partial charge in [-0.1, -0.05) is 58.0 Å². The number of carbonyl (C=O) groups excluding carboxylic acids is 4. The van der Waals surface area contributed by atoms with Gasteiger partial charge < -0.3 is 41.5 Å². The van der Waals surface area contributed by atoms with Crippen molar-refractivity contribution in [2.24, 2.45) is 23.3 Å². The Hall–Kier alpha value is -3.22. The summed E-state index contributed by atoms with van der Waals surface area (Å²) < 4.78 is 0. The summed E-state index contributed by atoms with van der Waals surface area (Å²) in [5.41, 5.74) is 12.9. The molecule has 0 aromatic heterocycles. The van der Waals surface area contributed by atoms with Crippen LogP contribution in [0.25, 0.3) is 0 Å². The van der Waals surface area contributed by atoms with Gasteiger partial charge in [0.25, 0.3) is 0 Å². The van der Waals surface area contributed by atoms with Crippen LogP contribution in [0.1, 0.15) is 53.0 Å². The highest BCUT2D eigenvalue weighted by Crippen LogP contribution is 2.16. The summed E-state index contributed by atoms with van der Waals surface area (Å²) in [4.78, 5) is 58.3. The molecule has 0 spiro atoms. The van der Waals surface area contributed by atoms with Gasteiger partial charge in [-0.3, -0.25) is 14.4 Å². The van der Waals surface area contributed by atoms with E-state index in [2.05, 4.69) is 5.32 Å². The van der Waals surface area contributed by atoms with Gasteiger partial charge in [-0.05, 0) is 37.2 Å². The second-order valence-electron chi connectivity index (χ2n) is 12.0. The van der Waals surface area contributed by atoms with Gasteiger partial charge in [-0.2, -0.15) is 0 Å². The molecule has 0 fully saturated rings. The SMILES string of the molecule is CC(C)C[C@@H](N)N(C)C(=O)[C@H](Cc1ccccc1)N(C)C(=O)N[C@H](CC(C)C)N(C)C(=O)CN(C)C(=O)[C@@H](N)[C@@H](C)O. The number of likely N-dealkylation sites (N-methyl/N-ethyl adjacent to an activating group) is 4. The quantitative estimate of drug-likeness (QED) is 0.221. The lowest BCUT2D eigenvalue weighted by Crippen LogP contribution is -2.59. The van der Waals surface area contributed by atoms with Gasteiger partial charge in [0.05, 0.1) is 18.8 Å². The van der Waals surface area contributed by atoms with E-state index >= 15 is 0 Å². The highest BCUT2D eigenvalue weighted by molar-refractivity contribution is 5.89. The molecular weight excluding hydrogens is 538 g/mol.